The third-order valence-electron chi connectivity index (χ3n) is 6.15. The summed E-state index contributed by atoms with van der Waals surface area (Å²) >= 11 is 0. The molecule has 6 atom stereocenters. The van der Waals surface area contributed by atoms with Crippen LogP contribution in [0.3, 0.4) is 0 Å². The zero-order chi connectivity index (χ0) is 28.1. The van der Waals surface area contributed by atoms with Gasteiger partial charge < -0.3 is 42.7 Å². The molecule has 6 unspecified atom stereocenters. The first-order chi connectivity index (χ1) is 17.4. The highest BCUT2D eigenvalue weighted by atomic mass is 16.4. The highest BCUT2D eigenvalue weighted by Crippen LogP contribution is 2.13. The van der Waals surface area contributed by atoms with Gasteiger partial charge in [0.2, 0.25) is 17.7 Å². The highest BCUT2D eigenvalue weighted by molar-refractivity contribution is 5.94. The monoisotopic (exact) mass is 523 g/mol. The van der Waals surface area contributed by atoms with Crippen LogP contribution in [0.5, 0.6) is 5.75 Å². The summed E-state index contributed by atoms with van der Waals surface area (Å²) in [5.74, 6) is -3.75. The molecule has 0 radical (unpaired) electrons. The first kappa shape index (κ1) is 31.8. The number of carbonyl (C=O) groups excluding carboxylic acids is 3. The smallest absolute Gasteiger partial charge is 0.326 e. The van der Waals surface area contributed by atoms with Gasteiger partial charge in [0.25, 0.3) is 0 Å². The lowest BCUT2D eigenvalue weighted by Gasteiger charge is -2.29. The van der Waals surface area contributed by atoms with Gasteiger partial charge in [-0.2, -0.15) is 0 Å². The van der Waals surface area contributed by atoms with E-state index in [1.807, 2.05) is 6.92 Å². The van der Waals surface area contributed by atoms with Crippen molar-refractivity contribution >= 4 is 23.7 Å². The number of aliphatic hydroxyl groups excluding tert-OH is 1. The van der Waals surface area contributed by atoms with Gasteiger partial charge in [0.05, 0.1) is 12.1 Å². The van der Waals surface area contributed by atoms with E-state index in [0.717, 1.165) is 0 Å². The Morgan fingerprint density at radius 2 is 1.49 bits per heavy atom. The van der Waals surface area contributed by atoms with E-state index in [1.165, 1.54) is 31.2 Å². The average Bonchev–Trinajstić information content (AvgIpc) is 2.85. The van der Waals surface area contributed by atoms with E-state index in [2.05, 4.69) is 16.0 Å². The van der Waals surface area contributed by atoms with Gasteiger partial charge in [-0.1, -0.05) is 38.8 Å². The average molecular weight is 524 g/mol. The maximum Gasteiger partial charge on any atom is 0.326 e. The van der Waals surface area contributed by atoms with Crippen molar-refractivity contribution in [2.45, 2.75) is 83.1 Å². The van der Waals surface area contributed by atoms with Crippen molar-refractivity contribution < 1.29 is 34.5 Å². The van der Waals surface area contributed by atoms with Crippen LogP contribution < -0.4 is 27.4 Å². The molecule has 12 nitrogen and oxygen atoms in total. The van der Waals surface area contributed by atoms with E-state index in [1.54, 1.807) is 6.92 Å². The minimum atomic E-state index is -1.48. The van der Waals surface area contributed by atoms with Gasteiger partial charge in [-0.05, 0) is 49.9 Å². The first-order valence-corrected chi connectivity index (χ1v) is 12.5. The second-order valence-corrected chi connectivity index (χ2v) is 9.26. The third-order valence-corrected chi connectivity index (χ3v) is 6.15. The van der Waals surface area contributed by atoms with Gasteiger partial charge in [-0.3, -0.25) is 14.4 Å². The fourth-order valence-electron chi connectivity index (χ4n) is 3.58. The standard InChI is InChI=1S/C25H41N5O7/c1-4-14(2)20(29-22(33)18(27)7-5-6-12-26)23(34)30-21(15(3)31)24(35)28-19(25(36)37)13-16-8-10-17(32)11-9-16/h8-11,14-15,18-21,31-32H,4-7,12-13,26-27H2,1-3H3,(H,28,35)(H,29,33)(H,30,34)(H,36,37). The zero-order valence-corrected chi connectivity index (χ0v) is 21.6. The van der Waals surface area contributed by atoms with Crippen molar-refractivity contribution in [2.75, 3.05) is 6.54 Å². The number of benzene rings is 1. The number of phenolic OH excluding ortho intramolecular Hbond substituents is 1. The maximum absolute atomic E-state index is 13.1. The number of carboxylic acid groups (broad SMARTS) is 1. The van der Waals surface area contributed by atoms with Crippen molar-refractivity contribution in [1.29, 1.82) is 0 Å². The van der Waals surface area contributed by atoms with E-state index < -0.39 is 54.0 Å². The van der Waals surface area contributed by atoms with E-state index in [9.17, 15) is 34.5 Å². The van der Waals surface area contributed by atoms with Gasteiger partial charge in [0, 0.05) is 6.42 Å². The molecule has 1 rings (SSSR count). The van der Waals surface area contributed by atoms with Gasteiger partial charge in [-0.25, -0.2) is 4.79 Å². The van der Waals surface area contributed by atoms with Crippen LogP contribution in [0, 0.1) is 5.92 Å². The number of nitrogens with one attached hydrogen (secondary N) is 3. The molecule has 1 aromatic rings. The molecule has 0 aromatic heterocycles. The predicted molar refractivity (Wildman–Crippen MR) is 137 cm³/mol. The van der Waals surface area contributed by atoms with Crippen molar-refractivity contribution in [3.8, 4) is 5.75 Å². The lowest BCUT2D eigenvalue weighted by atomic mass is 9.96. The molecule has 0 saturated heterocycles. The molecule has 3 amide bonds. The normalized spacial score (nSPS) is 15.9. The molecule has 12 heteroatoms. The summed E-state index contributed by atoms with van der Waals surface area (Å²) in [6.07, 6.45) is 0.846. The number of nitrogens with two attached hydrogens (primary N) is 2. The summed E-state index contributed by atoms with van der Waals surface area (Å²) in [5.41, 5.74) is 12.0. The van der Waals surface area contributed by atoms with Crippen LogP contribution in [0.1, 0.15) is 52.0 Å². The first-order valence-electron chi connectivity index (χ1n) is 12.5. The van der Waals surface area contributed by atoms with Gasteiger partial charge in [0.15, 0.2) is 0 Å². The molecule has 0 aliphatic rings. The molecule has 0 bridgehead atoms. The Labute approximate surface area is 217 Å². The number of hydrogen-bond donors (Lipinski definition) is 8. The topological polar surface area (TPSA) is 217 Å². The predicted octanol–water partition coefficient (Wildman–Crippen LogP) is -0.643. The van der Waals surface area contributed by atoms with E-state index >= 15 is 0 Å². The lowest BCUT2D eigenvalue weighted by molar-refractivity contribution is -0.143. The molecule has 208 valence electrons. The number of aliphatic carboxylic acids is 1. The number of hydrogen-bond acceptors (Lipinski definition) is 8. The second-order valence-electron chi connectivity index (χ2n) is 9.26. The van der Waals surface area contributed by atoms with Crippen LogP contribution in [0.4, 0.5) is 0 Å². The second kappa shape index (κ2) is 15.8. The molecular formula is C25H41N5O7. The molecule has 37 heavy (non-hydrogen) atoms. The molecule has 0 spiro atoms. The maximum atomic E-state index is 13.1. The number of phenols is 1. The molecule has 0 saturated carbocycles. The Balaban J connectivity index is 2.95. The summed E-state index contributed by atoms with van der Waals surface area (Å²) in [7, 11) is 0. The molecule has 1 aromatic carbocycles. The van der Waals surface area contributed by atoms with Crippen molar-refractivity contribution in [2.24, 2.45) is 17.4 Å². The summed E-state index contributed by atoms with van der Waals surface area (Å²) < 4.78 is 0. The van der Waals surface area contributed by atoms with Gasteiger partial charge >= 0.3 is 5.97 Å². The quantitative estimate of drug-likeness (QED) is 0.129. The minimum absolute atomic E-state index is 0.0102. The van der Waals surface area contributed by atoms with Gasteiger partial charge in [-0.15, -0.1) is 0 Å². The van der Waals surface area contributed by atoms with Crippen LogP contribution in [0.2, 0.25) is 0 Å². The number of rotatable bonds is 16. The number of aliphatic hydroxyl groups is 1. The summed E-state index contributed by atoms with van der Waals surface area (Å²) in [6.45, 7) is 5.34. The SMILES string of the molecule is CCC(C)C(NC(=O)C(N)CCCCN)C(=O)NC(C(=O)NC(Cc1ccc(O)cc1)C(=O)O)C(C)O. The summed E-state index contributed by atoms with van der Waals surface area (Å²) in [6, 6.07) is 1.13. The van der Waals surface area contributed by atoms with Crippen LogP contribution in [0.15, 0.2) is 24.3 Å². The zero-order valence-electron chi connectivity index (χ0n) is 21.6. The van der Waals surface area contributed by atoms with Crippen molar-refractivity contribution in [3.05, 3.63) is 29.8 Å². The Bertz CT molecular complexity index is 894. The van der Waals surface area contributed by atoms with Crippen LogP contribution in [-0.2, 0) is 25.6 Å². The van der Waals surface area contributed by atoms with Crippen molar-refractivity contribution in [1.82, 2.24) is 16.0 Å². The molecular weight excluding hydrogens is 482 g/mol. The Hall–Kier alpha value is -3.22. The number of unbranched alkanes of at least 4 members (excludes halogenated alkanes) is 1. The Kier molecular flexibility index (Phi) is 13.6. The summed E-state index contributed by atoms with van der Waals surface area (Å²) in [5, 5.41) is 36.6. The number of carbonyl (C=O) groups is 4. The fourth-order valence-corrected chi connectivity index (χ4v) is 3.58. The minimum Gasteiger partial charge on any atom is -0.508 e. The molecule has 0 heterocycles. The van der Waals surface area contributed by atoms with E-state index in [-0.39, 0.29) is 18.1 Å². The van der Waals surface area contributed by atoms with E-state index in [0.29, 0.717) is 37.8 Å². The van der Waals surface area contributed by atoms with Crippen LogP contribution >= 0.6 is 0 Å². The van der Waals surface area contributed by atoms with Gasteiger partial charge in [0.1, 0.15) is 23.9 Å². The van der Waals surface area contributed by atoms with Crippen molar-refractivity contribution in [3.63, 3.8) is 0 Å². The largest absolute Gasteiger partial charge is 0.508 e. The number of aromatic hydroxyl groups is 1. The van der Waals surface area contributed by atoms with Crippen LogP contribution in [0.25, 0.3) is 0 Å². The molecule has 0 fully saturated rings. The number of amides is 3. The molecule has 0 aliphatic heterocycles. The molecule has 0 aliphatic carbocycles. The van der Waals surface area contributed by atoms with E-state index in [4.69, 9.17) is 11.5 Å². The third kappa shape index (κ3) is 10.7. The summed E-state index contributed by atoms with van der Waals surface area (Å²) in [4.78, 5) is 50.4. The van der Waals surface area contributed by atoms with Crippen LogP contribution in [-0.4, -0.2) is 75.8 Å². The lowest BCUT2D eigenvalue weighted by Crippen LogP contribution is -2.61. The number of carboxylic acids is 1. The highest BCUT2D eigenvalue weighted by Gasteiger charge is 2.34. The molecule has 10 N–H and O–H groups in total. The fraction of sp³-hybridized carbons (Fsp3) is 0.600. The Morgan fingerprint density at radius 3 is 2.00 bits per heavy atom. The Morgan fingerprint density at radius 1 is 0.919 bits per heavy atom.